The quantitative estimate of drug-likeness (QED) is 0.808. The molecule has 6 heteroatoms. The number of hydrogen-bond acceptors (Lipinski definition) is 4. The van der Waals surface area contributed by atoms with E-state index in [2.05, 4.69) is 10.9 Å². The molecule has 124 valence electrons. The molecule has 0 spiro atoms. The number of amides is 1. The van der Waals surface area contributed by atoms with Crippen molar-refractivity contribution in [2.24, 2.45) is 5.41 Å². The van der Waals surface area contributed by atoms with Crippen LogP contribution in [0.5, 0.6) is 0 Å². The number of ether oxygens (including phenoxy) is 1. The molecule has 0 radical (unpaired) electrons. The monoisotopic (exact) mass is 336 g/mol. The molecular formula is C17H21ClN2O3. The average Bonchev–Trinajstić information content (AvgIpc) is 2.44. The first-order chi connectivity index (χ1) is 10.8. The maximum atomic E-state index is 12.1. The first-order valence-corrected chi connectivity index (χ1v) is 7.81. The maximum Gasteiger partial charge on any atom is 0.276 e. The van der Waals surface area contributed by atoms with E-state index >= 15 is 0 Å². The molecule has 1 aliphatic carbocycles. The van der Waals surface area contributed by atoms with Gasteiger partial charge in [0.15, 0.2) is 18.1 Å². The van der Waals surface area contributed by atoms with Crippen LogP contribution in [-0.4, -0.2) is 18.3 Å². The number of hydrazine groups is 1. The second-order valence-electron chi connectivity index (χ2n) is 6.52. The molecule has 0 unspecified atom stereocenters. The van der Waals surface area contributed by atoms with E-state index in [0.29, 0.717) is 22.9 Å². The third-order valence-electron chi connectivity index (χ3n) is 3.56. The van der Waals surface area contributed by atoms with Gasteiger partial charge in [0.1, 0.15) is 0 Å². The highest BCUT2D eigenvalue weighted by molar-refractivity contribution is 6.30. The fourth-order valence-corrected chi connectivity index (χ4v) is 2.79. The Labute approximate surface area is 141 Å². The minimum Gasteiger partial charge on any atom is -0.480 e. The van der Waals surface area contributed by atoms with E-state index < -0.39 is 0 Å². The van der Waals surface area contributed by atoms with Crippen molar-refractivity contribution < 1.29 is 14.3 Å². The number of carbonyl (C=O) groups is 2. The number of carbonyl (C=O) groups excluding carboxylic acids is 2. The number of allylic oxidation sites excluding steroid dienone is 2. The van der Waals surface area contributed by atoms with E-state index in [1.165, 1.54) is 0 Å². The highest BCUT2D eigenvalue weighted by atomic mass is 35.5. The van der Waals surface area contributed by atoms with E-state index in [1.54, 1.807) is 24.3 Å². The Hall–Kier alpha value is -2.01. The van der Waals surface area contributed by atoms with E-state index in [0.717, 1.165) is 12.0 Å². The lowest BCUT2D eigenvalue weighted by Gasteiger charge is -2.30. The van der Waals surface area contributed by atoms with Crippen LogP contribution in [0, 0.1) is 5.41 Å². The maximum absolute atomic E-state index is 12.1. The van der Waals surface area contributed by atoms with Crippen molar-refractivity contribution in [1.82, 2.24) is 5.43 Å². The van der Waals surface area contributed by atoms with Crippen molar-refractivity contribution in [1.29, 1.82) is 0 Å². The van der Waals surface area contributed by atoms with Gasteiger partial charge in [0.2, 0.25) is 0 Å². The van der Waals surface area contributed by atoms with E-state index in [1.807, 2.05) is 20.8 Å². The lowest BCUT2D eigenvalue weighted by Crippen LogP contribution is -2.34. The summed E-state index contributed by atoms with van der Waals surface area (Å²) in [6.45, 7) is 5.76. The third-order valence-corrected chi connectivity index (χ3v) is 3.81. The van der Waals surface area contributed by atoms with Crippen molar-refractivity contribution in [2.45, 2.75) is 33.6 Å². The van der Waals surface area contributed by atoms with Gasteiger partial charge in [-0.2, -0.15) is 0 Å². The molecule has 2 rings (SSSR count). The number of ketones is 1. The van der Waals surface area contributed by atoms with Gasteiger partial charge < -0.3 is 4.74 Å². The summed E-state index contributed by atoms with van der Waals surface area (Å²) in [6.07, 6.45) is 1.23. The Morgan fingerprint density at radius 3 is 2.52 bits per heavy atom. The molecule has 1 aromatic carbocycles. The summed E-state index contributed by atoms with van der Waals surface area (Å²) in [4.78, 5) is 23.9. The van der Waals surface area contributed by atoms with Gasteiger partial charge >= 0.3 is 0 Å². The Bertz CT molecular complexity index is 636. The molecule has 23 heavy (non-hydrogen) atoms. The summed E-state index contributed by atoms with van der Waals surface area (Å²) in [5.74, 6) is -0.0823. The van der Waals surface area contributed by atoms with Crippen LogP contribution >= 0.6 is 11.6 Å². The summed E-state index contributed by atoms with van der Waals surface area (Å²) in [5.41, 5.74) is 6.82. The van der Waals surface area contributed by atoms with Gasteiger partial charge in [0, 0.05) is 11.4 Å². The van der Waals surface area contributed by atoms with E-state index in [4.69, 9.17) is 16.3 Å². The van der Waals surface area contributed by atoms with Crippen LogP contribution in [0.1, 0.15) is 33.6 Å². The van der Waals surface area contributed by atoms with Crippen LogP contribution in [0.2, 0.25) is 5.02 Å². The lowest BCUT2D eigenvalue weighted by molar-refractivity contribution is -0.127. The minimum atomic E-state index is -0.363. The van der Waals surface area contributed by atoms with E-state index in [9.17, 15) is 9.59 Å². The first kappa shape index (κ1) is 17.3. The predicted molar refractivity (Wildman–Crippen MR) is 89.9 cm³/mol. The number of halogens is 1. The van der Waals surface area contributed by atoms with Gasteiger partial charge in [0.25, 0.3) is 5.91 Å². The molecule has 0 bridgehead atoms. The van der Waals surface area contributed by atoms with Crippen LogP contribution in [-0.2, 0) is 14.3 Å². The van der Waals surface area contributed by atoms with Gasteiger partial charge in [-0.1, -0.05) is 25.4 Å². The Morgan fingerprint density at radius 2 is 1.91 bits per heavy atom. The third kappa shape index (κ3) is 4.99. The molecule has 0 saturated carbocycles. The number of nitrogens with one attached hydrogen (secondary N) is 2. The second kappa shape index (κ2) is 7.04. The fraction of sp³-hybridized carbons (Fsp3) is 0.412. The molecule has 0 aromatic heterocycles. The number of rotatable bonds is 5. The van der Waals surface area contributed by atoms with Crippen molar-refractivity contribution >= 4 is 29.0 Å². The molecule has 0 atom stereocenters. The highest BCUT2D eigenvalue weighted by Gasteiger charge is 2.32. The molecule has 2 N–H and O–H groups in total. The second-order valence-corrected chi connectivity index (χ2v) is 6.96. The zero-order chi connectivity index (χ0) is 17.0. The molecule has 0 saturated heterocycles. The smallest absolute Gasteiger partial charge is 0.276 e. The lowest BCUT2D eigenvalue weighted by atomic mass is 9.76. The molecule has 1 aromatic rings. The number of anilines is 1. The first-order valence-electron chi connectivity index (χ1n) is 7.43. The Balaban J connectivity index is 1.84. The normalized spacial score (nSPS) is 17.0. The van der Waals surface area contributed by atoms with Gasteiger partial charge in [-0.25, -0.2) is 0 Å². The average molecular weight is 337 g/mol. The van der Waals surface area contributed by atoms with Crippen LogP contribution in [0.15, 0.2) is 35.6 Å². The number of hydrogen-bond donors (Lipinski definition) is 2. The molecule has 1 aliphatic rings. The SMILES string of the molecule is CC1=C(OCC(=O)NNc2ccc(Cl)cc2)C(=O)CC(C)(C)C1. The summed E-state index contributed by atoms with van der Waals surface area (Å²) in [7, 11) is 0. The summed E-state index contributed by atoms with van der Waals surface area (Å²) >= 11 is 5.79. The zero-order valence-corrected chi connectivity index (χ0v) is 14.3. The van der Waals surface area contributed by atoms with Crippen molar-refractivity contribution in [3.05, 3.63) is 40.6 Å². The van der Waals surface area contributed by atoms with Crippen LogP contribution < -0.4 is 10.9 Å². The van der Waals surface area contributed by atoms with Crippen molar-refractivity contribution in [2.75, 3.05) is 12.0 Å². The predicted octanol–water partition coefficient (Wildman–Crippen LogP) is 3.46. The Morgan fingerprint density at radius 1 is 1.26 bits per heavy atom. The highest BCUT2D eigenvalue weighted by Crippen LogP contribution is 2.36. The zero-order valence-electron chi connectivity index (χ0n) is 13.5. The van der Waals surface area contributed by atoms with Gasteiger partial charge in [-0.15, -0.1) is 0 Å². The number of Topliss-reactive ketones (excluding diaryl/α,β-unsaturated/α-hetero) is 1. The van der Waals surface area contributed by atoms with Gasteiger partial charge in [-0.3, -0.25) is 20.4 Å². The topological polar surface area (TPSA) is 67.4 Å². The fourth-order valence-electron chi connectivity index (χ4n) is 2.67. The molecule has 0 heterocycles. The molecular weight excluding hydrogens is 316 g/mol. The standard InChI is InChI=1S/C17H21ClN2O3/c1-11-8-17(2,3)9-14(21)16(11)23-10-15(22)20-19-13-6-4-12(18)5-7-13/h4-7,19H,8-10H2,1-3H3,(H,20,22). The summed E-state index contributed by atoms with van der Waals surface area (Å²) in [5, 5.41) is 0.617. The molecule has 0 aliphatic heterocycles. The Kier molecular flexibility index (Phi) is 5.31. The number of benzene rings is 1. The van der Waals surface area contributed by atoms with Crippen LogP contribution in [0.4, 0.5) is 5.69 Å². The van der Waals surface area contributed by atoms with Gasteiger partial charge in [-0.05, 0) is 48.6 Å². The molecule has 1 amide bonds. The van der Waals surface area contributed by atoms with Crippen molar-refractivity contribution in [3.63, 3.8) is 0 Å². The van der Waals surface area contributed by atoms with Crippen LogP contribution in [0.25, 0.3) is 0 Å². The molecule has 0 fully saturated rings. The van der Waals surface area contributed by atoms with Crippen molar-refractivity contribution in [3.8, 4) is 0 Å². The largest absolute Gasteiger partial charge is 0.480 e. The van der Waals surface area contributed by atoms with Gasteiger partial charge in [0.05, 0.1) is 5.69 Å². The minimum absolute atomic E-state index is 0.0442. The summed E-state index contributed by atoms with van der Waals surface area (Å²) in [6, 6.07) is 6.90. The van der Waals surface area contributed by atoms with E-state index in [-0.39, 0.29) is 23.7 Å². The molecule has 5 nitrogen and oxygen atoms in total. The van der Waals surface area contributed by atoms with Crippen LogP contribution in [0.3, 0.4) is 0 Å². The summed E-state index contributed by atoms with van der Waals surface area (Å²) < 4.78 is 5.43.